The van der Waals surface area contributed by atoms with Crippen molar-refractivity contribution in [3.8, 4) is 5.75 Å². The first-order chi connectivity index (χ1) is 33.0. The van der Waals surface area contributed by atoms with E-state index in [0.29, 0.717) is 24.2 Å². The Kier molecular flexibility index (Phi) is 23.2. The summed E-state index contributed by atoms with van der Waals surface area (Å²) in [6.07, 6.45) is -1.05. The van der Waals surface area contributed by atoms with Crippen LogP contribution in [-0.4, -0.2) is 148 Å². The molecule has 1 aromatic rings. The van der Waals surface area contributed by atoms with Gasteiger partial charge in [0.15, 0.2) is 0 Å². The monoisotopic (exact) mass is 1000 g/mol. The molecule has 0 bridgehead atoms. The molecular weight excluding hydrogens is 935 g/mol. The molecule has 70 heavy (non-hydrogen) atoms. The Bertz CT molecular complexity index is 2110. The minimum atomic E-state index is -1.96. The van der Waals surface area contributed by atoms with Crippen molar-refractivity contribution in [1.29, 1.82) is 0 Å². The number of benzene rings is 1. The second-order valence-corrected chi connectivity index (χ2v) is 19.5. The summed E-state index contributed by atoms with van der Waals surface area (Å²) < 4.78 is 19.0. The number of nitrogens with one attached hydrogen (secondary N) is 7. The lowest BCUT2D eigenvalue weighted by atomic mass is 9.96. The summed E-state index contributed by atoms with van der Waals surface area (Å²) in [5, 5.41) is 17.8. The van der Waals surface area contributed by atoms with E-state index in [1.54, 1.807) is 52.0 Å². The number of methoxy groups -OCH3 is 1. The van der Waals surface area contributed by atoms with Crippen molar-refractivity contribution in [2.75, 3.05) is 31.7 Å². The molecule has 0 spiro atoms. The van der Waals surface area contributed by atoms with Gasteiger partial charge < -0.3 is 64.1 Å². The molecule has 9 atom stereocenters. The Morgan fingerprint density at radius 3 is 2.06 bits per heavy atom. The third-order valence-electron chi connectivity index (χ3n) is 11.8. The number of carbonyl (C=O) groups excluding carboxylic acids is 11. The zero-order valence-electron chi connectivity index (χ0n) is 40.3. The summed E-state index contributed by atoms with van der Waals surface area (Å²) in [6, 6.07) is -3.23. The zero-order chi connectivity index (χ0) is 52.2. The molecule has 388 valence electrons. The van der Waals surface area contributed by atoms with E-state index in [-0.39, 0.29) is 50.3 Å². The van der Waals surface area contributed by atoms with Crippen molar-refractivity contribution >= 4 is 75.8 Å². The van der Waals surface area contributed by atoms with Crippen molar-refractivity contribution in [3.63, 3.8) is 0 Å². The molecule has 1 aromatic carbocycles. The largest absolute Gasteiger partial charge is 0.497 e. The van der Waals surface area contributed by atoms with Crippen molar-refractivity contribution in [2.24, 2.45) is 29.0 Å². The summed E-state index contributed by atoms with van der Waals surface area (Å²) in [6.45, 7) is 6.53. The molecule has 2 aliphatic heterocycles. The van der Waals surface area contributed by atoms with Crippen molar-refractivity contribution in [2.45, 2.75) is 134 Å². The van der Waals surface area contributed by atoms with E-state index in [1.165, 1.54) is 7.11 Å². The van der Waals surface area contributed by atoms with Crippen molar-refractivity contribution < 1.29 is 61.7 Å². The third-order valence-corrected chi connectivity index (χ3v) is 13.2. The lowest BCUT2D eigenvalue weighted by Crippen LogP contribution is -2.61. The van der Waals surface area contributed by atoms with Crippen LogP contribution in [0.25, 0.3) is 0 Å². The van der Waals surface area contributed by atoms with Crippen LogP contribution < -0.4 is 59.2 Å². The van der Waals surface area contributed by atoms with E-state index >= 15 is 0 Å². The van der Waals surface area contributed by atoms with Crippen LogP contribution in [0.4, 0.5) is 0 Å². The Balaban J connectivity index is 2.06. The standard InChI is InChI=1S/C45H69N11O13S/c1-6-25(4)38-44(66)51-28(15-16-34(46)57)40(62)52-31(21-35(47)58)41(63)54-32(45(67)56-17-7-9-33(56)43(65)53-29(19-24(2)3)39(61)49-22-36(48)59)23-70(68)18-8-10-37(60)50-30(42(64)55-38)20-26-11-13-27(69-5)14-12-26/h11-14,24-25,28-33,38H,6-10,15-23H2,1-5H3,(H2,46,57)(H2,47,58)(H2,48,59)(H,49,61)(H,50,60)(H,51,66)(H,52,62)(H,53,65)(H,54,63)(H,55,64)/t25-,28-,29?,30-,31-,32-,33-,38-,70?/m0/s1. The minimum Gasteiger partial charge on any atom is -0.497 e. The number of carbonyl (C=O) groups is 11. The Labute approximate surface area is 409 Å². The van der Waals surface area contributed by atoms with Gasteiger partial charge in [-0.1, -0.05) is 46.2 Å². The highest BCUT2D eigenvalue weighted by Gasteiger charge is 2.41. The van der Waals surface area contributed by atoms with Crippen LogP contribution >= 0.6 is 0 Å². The SMILES string of the molecule is CC[C@H](C)[C@@H]1NC(=O)[C@H](Cc2ccc(OC)cc2)NC(=O)CCCS(=O)C[C@@H](C(=O)N2CCC[C@H]2C(=O)NC(CC(C)C)C(=O)NCC(N)=O)NC(=O)[C@H](CC(N)=O)NC(=O)[C@H](CCC(N)=O)NC1=O. The summed E-state index contributed by atoms with van der Waals surface area (Å²) in [5.41, 5.74) is 16.7. The van der Waals surface area contributed by atoms with Gasteiger partial charge in [-0.3, -0.25) is 56.9 Å². The number of ether oxygens (including phenoxy) is 1. The van der Waals surface area contributed by atoms with Crippen LogP contribution in [0.1, 0.15) is 91.0 Å². The van der Waals surface area contributed by atoms with E-state index in [2.05, 4.69) is 37.2 Å². The highest BCUT2D eigenvalue weighted by atomic mass is 32.2. The van der Waals surface area contributed by atoms with Gasteiger partial charge in [0.05, 0.1) is 25.8 Å². The van der Waals surface area contributed by atoms with Crippen LogP contribution in [-0.2, 0) is 70.0 Å². The molecule has 25 heteroatoms. The van der Waals surface area contributed by atoms with E-state index in [4.69, 9.17) is 21.9 Å². The Hall–Kier alpha value is -6.66. The molecule has 2 heterocycles. The fourth-order valence-electron chi connectivity index (χ4n) is 7.81. The molecule has 3 rings (SSSR count). The molecule has 24 nitrogen and oxygen atoms in total. The van der Waals surface area contributed by atoms with E-state index in [1.807, 2.05) is 0 Å². The van der Waals surface area contributed by atoms with Gasteiger partial charge in [0, 0.05) is 42.4 Å². The normalized spacial score (nSPS) is 24.1. The molecular formula is C45H69N11O13S. The van der Waals surface area contributed by atoms with Gasteiger partial charge >= 0.3 is 0 Å². The number of amides is 11. The van der Waals surface area contributed by atoms with E-state index in [9.17, 15) is 56.9 Å². The number of primary amides is 3. The first-order valence-corrected chi connectivity index (χ1v) is 24.7. The molecule has 11 amide bonds. The lowest BCUT2D eigenvalue weighted by Gasteiger charge is -2.31. The number of hydrogen-bond acceptors (Lipinski definition) is 13. The minimum absolute atomic E-state index is 0.00950. The second-order valence-electron chi connectivity index (χ2n) is 17.9. The third kappa shape index (κ3) is 18.7. The molecule has 0 saturated carbocycles. The predicted molar refractivity (Wildman–Crippen MR) is 253 cm³/mol. The first-order valence-electron chi connectivity index (χ1n) is 23.2. The summed E-state index contributed by atoms with van der Waals surface area (Å²) >= 11 is 0. The van der Waals surface area contributed by atoms with E-state index in [0.717, 1.165) is 4.90 Å². The van der Waals surface area contributed by atoms with E-state index < -0.39 is 156 Å². The van der Waals surface area contributed by atoms with Crippen molar-refractivity contribution in [3.05, 3.63) is 29.8 Å². The molecule has 2 fully saturated rings. The smallest absolute Gasteiger partial charge is 0.246 e. The van der Waals surface area contributed by atoms with Gasteiger partial charge in [-0.15, -0.1) is 0 Å². The maximum atomic E-state index is 14.5. The molecule has 2 aliphatic rings. The second kappa shape index (κ2) is 28.1. The van der Waals surface area contributed by atoms with Crippen LogP contribution in [0.15, 0.2) is 24.3 Å². The van der Waals surface area contributed by atoms with Crippen LogP contribution in [0, 0.1) is 11.8 Å². The summed E-state index contributed by atoms with van der Waals surface area (Å²) in [7, 11) is -0.481. The van der Waals surface area contributed by atoms with Gasteiger partial charge in [-0.2, -0.15) is 0 Å². The maximum absolute atomic E-state index is 14.5. The fourth-order valence-corrected chi connectivity index (χ4v) is 9.04. The molecule has 2 unspecified atom stereocenters. The van der Waals surface area contributed by atoms with Gasteiger partial charge in [-0.05, 0) is 61.6 Å². The topological polar surface area (TPSA) is 380 Å². The average molecular weight is 1000 g/mol. The van der Waals surface area contributed by atoms with Crippen molar-refractivity contribution in [1.82, 2.24) is 42.1 Å². The van der Waals surface area contributed by atoms with Crippen LogP contribution in [0.3, 0.4) is 0 Å². The van der Waals surface area contributed by atoms with Gasteiger partial charge in [0.25, 0.3) is 0 Å². The Morgan fingerprint density at radius 2 is 1.46 bits per heavy atom. The predicted octanol–water partition coefficient (Wildman–Crippen LogP) is -3.49. The molecule has 0 aromatic heterocycles. The quantitative estimate of drug-likeness (QED) is 0.0684. The highest BCUT2D eigenvalue weighted by molar-refractivity contribution is 7.85. The van der Waals surface area contributed by atoms with Crippen LogP contribution in [0.5, 0.6) is 5.75 Å². The lowest BCUT2D eigenvalue weighted by molar-refractivity contribution is -0.142. The van der Waals surface area contributed by atoms with Gasteiger partial charge in [0.1, 0.15) is 48.0 Å². The number of nitrogens with zero attached hydrogens (tertiary/aromatic N) is 1. The maximum Gasteiger partial charge on any atom is 0.246 e. The van der Waals surface area contributed by atoms with Gasteiger partial charge in [-0.25, -0.2) is 0 Å². The number of nitrogens with two attached hydrogens (primary N) is 3. The summed E-state index contributed by atoms with van der Waals surface area (Å²) in [4.78, 5) is 148. The fraction of sp³-hybridized carbons (Fsp3) is 0.622. The number of hydrogen-bond donors (Lipinski definition) is 10. The highest BCUT2D eigenvalue weighted by Crippen LogP contribution is 2.21. The zero-order valence-corrected chi connectivity index (χ0v) is 41.1. The summed E-state index contributed by atoms with van der Waals surface area (Å²) in [5.74, 6) is -10.4. The first kappa shape index (κ1) is 57.7. The van der Waals surface area contributed by atoms with Gasteiger partial charge in [0.2, 0.25) is 65.0 Å². The molecule has 0 aliphatic carbocycles. The van der Waals surface area contributed by atoms with Crippen LogP contribution in [0.2, 0.25) is 0 Å². The molecule has 0 radical (unpaired) electrons. The number of likely N-dealkylation sites (tertiary alicyclic amines) is 1. The number of rotatable bonds is 18. The Morgan fingerprint density at radius 1 is 0.814 bits per heavy atom. The molecule has 13 N–H and O–H groups in total. The molecule has 2 saturated heterocycles. The average Bonchev–Trinajstić information content (AvgIpc) is 3.79.